The second-order valence-corrected chi connectivity index (χ2v) is 5.80. The molecule has 2 aromatic rings. The third kappa shape index (κ3) is 3.10. The number of aryl methyl sites for hydroxylation is 1. The fourth-order valence-corrected chi connectivity index (χ4v) is 3.11. The Balaban J connectivity index is 1.51. The first kappa shape index (κ1) is 14.1. The number of hydrogen-bond donors (Lipinski definition) is 1. The summed E-state index contributed by atoms with van der Waals surface area (Å²) in [7, 11) is 2.07. The van der Waals surface area contributed by atoms with Crippen LogP contribution in [0.1, 0.15) is 24.8 Å². The average Bonchev–Trinajstić information content (AvgIpc) is 3.13. The van der Waals surface area contributed by atoms with Gasteiger partial charge in [-0.3, -0.25) is 4.79 Å². The molecule has 0 bridgehead atoms. The second-order valence-electron chi connectivity index (χ2n) is 5.80. The van der Waals surface area contributed by atoms with E-state index in [1.165, 1.54) is 16.5 Å². The quantitative estimate of drug-likeness (QED) is 0.856. The highest BCUT2D eigenvalue weighted by Crippen LogP contribution is 2.19. The molecule has 3 rings (SSSR count). The lowest BCUT2D eigenvalue weighted by atomic mass is 10.2. The number of carbonyl (C=O) groups excluding carboxylic acids is 1. The Kier molecular flexibility index (Phi) is 4.25. The van der Waals surface area contributed by atoms with Gasteiger partial charge >= 0.3 is 0 Å². The number of hydrogen-bond acceptors (Lipinski definition) is 2. The van der Waals surface area contributed by atoms with Gasteiger partial charge in [-0.25, -0.2) is 0 Å². The van der Waals surface area contributed by atoms with Crippen molar-refractivity contribution in [3.05, 3.63) is 36.0 Å². The highest BCUT2D eigenvalue weighted by molar-refractivity contribution is 5.83. The van der Waals surface area contributed by atoms with Gasteiger partial charge in [-0.05, 0) is 24.5 Å². The van der Waals surface area contributed by atoms with E-state index >= 15 is 0 Å². The Morgan fingerprint density at radius 3 is 2.81 bits per heavy atom. The lowest BCUT2D eigenvalue weighted by molar-refractivity contribution is -0.130. The monoisotopic (exact) mass is 285 g/mol. The first-order valence-corrected chi connectivity index (χ1v) is 7.77. The minimum absolute atomic E-state index is 0.290. The molecule has 1 aliphatic rings. The van der Waals surface area contributed by atoms with Crippen molar-refractivity contribution in [1.29, 1.82) is 0 Å². The van der Waals surface area contributed by atoms with Crippen LogP contribution in [0.3, 0.4) is 0 Å². The molecule has 21 heavy (non-hydrogen) atoms. The van der Waals surface area contributed by atoms with Crippen molar-refractivity contribution in [1.82, 2.24) is 14.8 Å². The molecule has 4 nitrogen and oxygen atoms in total. The van der Waals surface area contributed by atoms with Crippen LogP contribution in [0.4, 0.5) is 0 Å². The summed E-state index contributed by atoms with van der Waals surface area (Å²) in [5.41, 5.74) is 2.55. The Morgan fingerprint density at radius 1 is 1.24 bits per heavy atom. The molecule has 1 amide bonds. The largest absolute Gasteiger partial charge is 0.350 e. The molecule has 0 radical (unpaired) electrons. The molecule has 4 heteroatoms. The molecule has 1 N–H and O–H groups in total. The van der Waals surface area contributed by atoms with Crippen molar-refractivity contribution in [2.24, 2.45) is 7.05 Å². The van der Waals surface area contributed by atoms with Crippen LogP contribution in [0, 0.1) is 0 Å². The van der Waals surface area contributed by atoms with Gasteiger partial charge in [0.05, 0.1) is 0 Å². The summed E-state index contributed by atoms with van der Waals surface area (Å²) in [4.78, 5) is 13.9. The van der Waals surface area contributed by atoms with Gasteiger partial charge in [-0.1, -0.05) is 18.2 Å². The Hall–Kier alpha value is -1.81. The number of fused-ring (bicyclic) bond motifs is 1. The van der Waals surface area contributed by atoms with Crippen molar-refractivity contribution in [2.75, 3.05) is 19.6 Å². The predicted molar refractivity (Wildman–Crippen MR) is 85.1 cm³/mol. The minimum atomic E-state index is 0.290. The molecule has 1 aromatic carbocycles. The van der Waals surface area contributed by atoms with E-state index in [1.54, 1.807) is 0 Å². The maximum Gasteiger partial charge on any atom is 0.223 e. The van der Waals surface area contributed by atoms with E-state index in [1.807, 2.05) is 4.90 Å². The van der Waals surface area contributed by atoms with Crippen molar-refractivity contribution < 1.29 is 4.79 Å². The van der Waals surface area contributed by atoms with Gasteiger partial charge < -0.3 is 14.8 Å². The number of amides is 1. The average molecular weight is 285 g/mol. The van der Waals surface area contributed by atoms with Crippen molar-refractivity contribution >= 4 is 16.8 Å². The first-order chi connectivity index (χ1) is 10.3. The van der Waals surface area contributed by atoms with Gasteiger partial charge in [0, 0.05) is 56.7 Å². The summed E-state index contributed by atoms with van der Waals surface area (Å²) in [6.45, 7) is 3.46. The number of likely N-dealkylation sites (tertiary alicyclic amines) is 1. The molecule has 1 aromatic heterocycles. The number of rotatable bonds is 5. The summed E-state index contributed by atoms with van der Waals surface area (Å²) in [5.74, 6) is 0.290. The van der Waals surface area contributed by atoms with Crippen LogP contribution < -0.4 is 5.32 Å². The molecular formula is C17H23N3O. The summed E-state index contributed by atoms with van der Waals surface area (Å²) >= 11 is 0. The lowest BCUT2D eigenvalue weighted by Gasteiger charge is -2.15. The van der Waals surface area contributed by atoms with Gasteiger partial charge in [-0.15, -0.1) is 0 Å². The van der Waals surface area contributed by atoms with Gasteiger partial charge in [0.2, 0.25) is 5.91 Å². The van der Waals surface area contributed by atoms with Crippen LogP contribution in [-0.2, 0) is 18.4 Å². The Labute approximate surface area is 125 Å². The van der Waals surface area contributed by atoms with Crippen LogP contribution in [0.15, 0.2) is 30.5 Å². The predicted octanol–water partition coefficient (Wildman–Crippen LogP) is 2.28. The zero-order valence-corrected chi connectivity index (χ0v) is 12.6. The number of aromatic nitrogens is 1. The zero-order chi connectivity index (χ0) is 14.7. The van der Waals surface area contributed by atoms with Gasteiger partial charge in [-0.2, -0.15) is 0 Å². The van der Waals surface area contributed by atoms with Crippen molar-refractivity contribution in [3.8, 4) is 0 Å². The molecule has 0 spiro atoms. The summed E-state index contributed by atoms with van der Waals surface area (Å²) in [5, 5.41) is 4.69. The SMILES string of the molecule is Cn1cc(CNCCC(=O)N2CCCC2)c2ccccc21. The summed E-state index contributed by atoms with van der Waals surface area (Å²) in [6.07, 6.45) is 5.09. The zero-order valence-electron chi connectivity index (χ0n) is 12.6. The molecule has 1 saturated heterocycles. The first-order valence-electron chi connectivity index (χ1n) is 7.77. The van der Waals surface area contributed by atoms with E-state index in [0.29, 0.717) is 6.42 Å². The fraction of sp³-hybridized carbons (Fsp3) is 0.471. The number of para-hydroxylation sites is 1. The van der Waals surface area contributed by atoms with Crippen molar-refractivity contribution in [3.63, 3.8) is 0 Å². The van der Waals surface area contributed by atoms with Crippen LogP contribution in [0.5, 0.6) is 0 Å². The van der Waals surface area contributed by atoms with Crippen molar-refractivity contribution in [2.45, 2.75) is 25.8 Å². The highest BCUT2D eigenvalue weighted by atomic mass is 16.2. The van der Waals surface area contributed by atoms with Crippen LogP contribution in [0.2, 0.25) is 0 Å². The number of carbonyl (C=O) groups is 1. The van der Waals surface area contributed by atoms with E-state index in [2.05, 4.69) is 47.4 Å². The van der Waals surface area contributed by atoms with Crippen LogP contribution in [-0.4, -0.2) is 35.0 Å². The number of nitrogens with one attached hydrogen (secondary N) is 1. The van der Waals surface area contributed by atoms with Gasteiger partial charge in [0.25, 0.3) is 0 Å². The fourth-order valence-electron chi connectivity index (χ4n) is 3.11. The molecule has 1 fully saturated rings. The third-order valence-electron chi connectivity index (χ3n) is 4.27. The molecule has 112 valence electrons. The lowest BCUT2D eigenvalue weighted by Crippen LogP contribution is -2.30. The molecule has 1 aliphatic heterocycles. The topological polar surface area (TPSA) is 37.3 Å². The normalized spacial score (nSPS) is 15.0. The highest BCUT2D eigenvalue weighted by Gasteiger charge is 2.16. The maximum absolute atomic E-state index is 12.0. The molecule has 0 unspecified atom stereocenters. The molecule has 0 aliphatic carbocycles. The molecule has 2 heterocycles. The minimum Gasteiger partial charge on any atom is -0.350 e. The van der Waals surface area contributed by atoms with Crippen LogP contribution in [0.25, 0.3) is 10.9 Å². The third-order valence-corrected chi connectivity index (χ3v) is 4.27. The van der Waals surface area contributed by atoms with E-state index in [0.717, 1.165) is 39.0 Å². The molecule has 0 atom stereocenters. The number of nitrogens with zero attached hydrogens (tertiary/aromatic N) is 2. The summed E-state index contributed by atoms with van der Waals surface area (Å²) < 4.78 is 2.15. The van der Waals surface area contributed by atoms with Crippen LogP contribution >= 0.6 is 0 Å². The molecule has 0 saturated carbocycles. The van der Waals surface area contributed by atoms with Gasteiger partial charge in [0.15, 0.2) is 0 Å². The smallest absolute Gasteiger partial charge is 0.223 e. The number of benzene rings is 1. The van der Waals surface area contributed by atoms with Gasteiger partial charge in [0.1, 0.15) is 0 Å². The van der Waals surface area contributed by atoms with E-state index in [-0.39, 0.29) is 5.91 Å². The second kappa shape index (κ2) is 6.31. The standard InChI is InChI=1S/C17H23N3O/c1-19-13-14(15-6-2-3-7-16(15)19)12-18-9-8-17(21)20-10-4-5-11-20/h2-3,6-7,13,18H,4-5,8-12H2,1H3. The van der Waals surface area contributed by atoms with E-state index in [4.69, 9.17) is 0 Å². The maximum atomic E-state index is 12.0. The summed E-state index contributed by atoms with van der Waals surface area (Å²) in [6, 6.07) is 8.43. The molecular weight excluding hydrogens is 262 g/mol. The Bertz CT molecular complexity index is 626. The van der Waals surface area contributed by atoms with E-state index < -0.39 is 0 Å². The van der Waals surface area contributed by atoms with E-state index in [9.17, 15) is 4.79 Å². The Morgan fingerprint density at radius 2 is 2.00 bits per heavy atom.